The molecule has 0 atom stereocenters. The van der Waals surface area contributed by atoms with Gasteiger partial charge in [-0.05, 0) is 36.6 Å². The molecule has 0 fully saturated rings. The topological polar surface area (TPSA) is 58.6 Å². The summed E-state index contributed by atoms with van der Waals surface area (Å²) < 4.78 is 9.69. The Labute approximate surface area is 165 Å². The molecule has 2 N–H and O–H groups in total. The van der Waals surface area contributed by atoms with Gasteiger partial charge in [-0.15, -0.1) is 11.3 Å². The minimum atomic E-state index is -0.509. The number of esters is 1. The zero-order valence-corrected chi connectivity index (χ0v) is 16.8. The van der Waals surface area contributed by atoms with Crippen LogP contribution in [0.25, 0.3) is 0 Å². The lowest BCUT2D eigenvalue weighted by molar-refractivity contribution is 0.0494. The summed E-state index contributed by atoms with van der Waals surface area (Å²) in [5.41, 5.74) is 0.816. The van der Waals surface area contributed by atoms with Crippen molar-refractivity contribution in [3.05, 3.63) is 39.2 Å². The Balaban J connectivity index is 1.87. The normalized spacial score (nSPS) is 10.7. The number of hydrogen-bond acceptors (Lipinski definition) is 6. The van der Waals surface area contributed by atoms with Gasteiger partial charge in [0.05, 0.1) is 15.8 Å². The van der Waals surface area contributed by atoms with Crippen molar-refractivity contribution in [2.24, 2.45) is 0 Å². The maximum absolute atomic E-state index is 12.0. The van der Waals surface area contributed by atoms with Crippen LogP contribution >= 0.6 is 46.5 Å². The number of rotatable bonds is 9. The quantitative estimate of drug-likeness (QED) is 0.271. The molecule has 0 aliphatic rings. The second-order valence-electron chi connectivity index (χ2n) is 5.32. The first-order chi connectivity index (χ1) is 12.0. The maximum Gasteiger partial charge on any atom is 0.341 e. The van der Waals surface area contributed by atoms with Gasteiger partial charge in [0.15, 0.2) is 0 Å². The largest absolute Gasteiger partial charge is 0.507 e. The van der Waals surface area contributed by atoms with Crippen LogP contribution in [0.1, 0.15) is 43.0 Å². The van der Waals surface area contributed by atoms with E-state index in [1.54, 1.807) is 18.2 Å². The molecule has 0 spiro atoms. The van der Waals surface area contributed by atoms with E-state index in [1.165, 1.54) is 29.4 Å². The van der Waals surface area contributed by atoms with E-state index in [0.29, 0.717) is 21.7 Å². The fourth-order valence-corrected chi connectivity index (χ4v) is 4.39. The number of anilines is 1. The van der Waals surface area contributed by atoms with Crippen LogP contribution < -0.4 is 4.72 Å². The first kappa shape index (κ1) is 20.2. The van der Waals surface area contributed by atoms with Crippen molar-refractivity contribution < 1.29 is 14.6 Å². The molecule has 2 aromatic rings. The molecule has 0 saturated heterocycles. The number of benzene rings is 1. The highest BCUT2D eigenvalue weighted by Crippen LogP contribution is 2.37. The molecule has 0 bridgehead atoms. The van der Waals surface area contributed by atoms with Crippen LogP contribution in [0, 0.1) is 0 Å². The first-order valence-corrected chi connectivity index (χ1v) is 10.3. The zero-order valence-electron chi connectivity index (χ0n) is 13.7. The molecule has 25 heavy (non-hydrogen) atoms. The third-order valence-electron chi connectivity index (χ3n) is 3.34. The highest BCUT2D eigenvalue weighted by Gasteiger charge is 2.13. The van der Waals surface area contributed by atoms with Crippen LogP contribution in [0.2, 0.25) is 9.36 Å². The van der Waals surface area contributed by atoms with Crippen LogP contribution in [-0.4, -0.2) is 17.7 Å². The molecule has 1 aromatic heterocycles. The summed E-state index contributed by atoms with van der Waals surface area (Å²) >= 11 is 14.5. The predicted octanol–water partition coefficient (Wildman–Crippen LogP) is 6.62. The lowest BCUT2D eigenvalue weighted by Gasteiger charge is -2.09. The molecule has 0 aliphatic heterocycles. The van der Waals surface area contributed by atoms with Gasteiger partial charge < -0.3 is 14.6 Å². The van der Waals surface area contributed by atoms with E-state index >= 15 is 0 Å². The number of carbonyl (C=O) groups excluding carboxylic acids is 1. The van der Waals surface area contributed by atoms with Gasteiger partial charge in [0.2, 0.25) is 0 Å². The Morgan fingerprint density at radius 3 is 2.72 bits per heavy atom. The van der Waals surface area contributed by atoms with Crippen molar-refractivity contribution in [1.82, 2.24) is 0 Å². The van der Waals surface area contributed by atoms with Gasteiger partial charge >= 0.3 is 5.97 Å². The molecule has 0 aliphatic carbocycles. The minimum Gasteiger partial charge on any atom is -0.507 e. The van der Waals surface area contributed by atoms with E-state index in [-0.39, 0.29) is 11.3 Å². The molecule has 0 saturated carbocycles. The van der Waals surface area contributed by atoms with Gasteiger partial charge in [0, 0.05) is 11.8 Å². The molecule has 2 rings (SSSR count). The van der Waals surface area contributed by atoms with Gasteiger partial charge in [-0.25, -0.2) is 4.79 Å². The molecule has 4 nitrogen and oxygen atoms in total. The smallest absolute Gasteiger partial charge is 0.341 e. The average molecular weight is 420 g/mol. The van der Waals surface area contributed by atoms with Crippen LogP contribution in [0.5, 0.6) is 5.75 Å². The Morgan fingerprint density at radius 2 is 2.08 bits per heavy atom. The summed E-state index contributed by atoms with van der Waals surface area (Å²) in [6.45, 7) is 2.49. The molecule has 8 heteroatoms. The molecule has 0 radical (unpaired) electrons. The molecule has 1 aromatic carbocycles. The van der Waals surface area contributed by atoms with Gasteiger partial charge in [-0.2, -0.15) is 0 Å². The van der Waals surface area contributed by atoms with Crippen LogP contribution in [0.4, 0.5) is 5.69 Å². The van der Waals surface area contributed by atoms with E-state index < -0.39 is 5.97 Å². The highest BCUT2D eigenvalue weighted by atomic mass is 35.5. The van der Waals surface area contributed by atoms with Crippen LogP contribution in [0.15, 0.2) is 28.5 Å². The van der Waals surface area contributed by atoms with Gasteiger partial charge in [-0.3, -0.25) is 0 Å². The number of phenolic OH excluding ortho intramolecular Hbond substituents is 1. The Bertz CT molecular complexity index is 702. The lowest BCUT2D eigenvalue weighted by atomic mass is 10.2. The molecule has 136 valence electrons. The van der Waals surface area contributed by atoms with Gasteiger partial charge in [0.1, 0.15) is 15.6 Å². The molecule has 0 unspecified atom stereocenters. The predicted molar refractivity (Wildman–Crippen MR) is 106 cm³/mol. The van der Waals surface area contributed by atoms with Gasteiger partial charge in [-0.1, -0.05) is 49.4 Å². The highest BCUT2D eigenvalue weighted by molar-refractivity contribution is 8.02. The lowest BCUT2D eigenvalue weighted by Crippen LogP contribution is -2.07. The number of nitrogens with one attached hydrogen (secondary N) is 1. The SMILES string of the molecule is CCCCCCOC(=O)c1ccc(NSc2cc(Cl)c(Cl)s2)cc1O. The number of unbranched alkanes of at least 4 members (excludes halogenated alkanes) is 3. The molecule has 1 heterocycles. The summed E-state index contributed by atoms with van der Waals surface area (Å²) in [7, 11) is 0. The number of hydrogen-bond donors (Lipinski definition) is 2. The summed E-state index contributed by atoms with van der Waals surface area (Å²) in [5.74, 6) is -0.628. The third kappa shape index (κ3) is 6.29. The summed E-state index contributed by atoms with van der Waals surface area (Å²) in [6.07, 6.45) is 4.13. The summed E-state index contributed by atoms with van der Waals surface area (Å²) in [4.78, 5) is 12.0. The van der Waals surface area contributed by atoms with Gasteiger partial charge in [0.25, 0.3) is 0 Å². The fourth-order valence-electron chi connectivity index (χ4n) is 2.03. The van der Waals surface area contributed by atoms with E-state index in [2.05, 4.69) is 11.6 Å². The average Bonchev–Trinajstić information content (AvgIpc) is 2.91. The number of halogens is 2. The Kier molecular flexibility index (Phi) is 8.22. The molecular weight excluding hydrogens is 401 g/mol. The van der Waals surface area contributed by atoms with Crippen molar-refractivity contribution in [2.45, 2.75) is 36.8 Å². The zero-order chi connectivity index (χ0) is 18.2. The van der Waals surface area contributed by atoms with E-state index in [0.717, 1.165) is 29.9 Å². The Hall–Kier alpha value is -1.08. The second kappa shape index (κ2) is 10.2. The van der Waals surface area contributed by atoms with Crippen molar-refractivity contribution in [1.29, 1.82) is 0 Å². The Morgan fingerprint density at radius 1 is 1.28 bits per heavy atom. The second-order valence-corrected chi connectivity index (χ2v) is 8.49. The number of ether oxygens (including phenoxy) is 1. The first-order valence-electron chi connectivity index (χ1n) is 7.89. The van der Waals surface area contributed by atoms with E-state index in [4.69, 9.17) is 27.9 Å². The number of aromatic hydroxyl groups is 1. The molecule has 0 amide bonds. The standard InChI is InChI=1S/C17H19Cl2NO3S2/c1-2-3-4-5-8-23-17(22)12-7-6-11(9-14(12)21)20-25-15-10-13(18)16(19)24-15/h6-7,9-10,20-21H,2-5,8H2,1H3. The van der Waals surface area contributed by atoms with Crippen molar-refractivity contribution >= 4 is 58.1 Å². The number of carbonyl (C=O) groups is 1. The summed E-state index contributed by atoms with van der Waals surface area (Å²) in [5, 5.41) is 10.6. The monoisotopic (exact) mass is 419 g/mol. The number of thiophene rings is 1. The number of phenols is 1. The van der Waals surface area contributed by atoms with Crippen molar-refractivity contribution in [2.75, 3.05) is 11.3 Å². The third-order valence-corrected chi connectivity index (χ3v) is 6.16. The van der Waals surface area contributed by atoms with Crippen LogP contribution in [0.3, 0.4) is 0 Å². The van der Waals surface area contributed by atoms with Crippen LogP contribution in [-0.2, 0) is 4.74 Å². The van der Waals surface area contributed by atoms with Crippen molar-refractivity contribution in [3.8, 4) is 5.75 Å². The summed E-state index contributed by atoms with van der Waals surface area (Å²) in [6, 6.07) is 6.49. The molecular formula is C17H19Cl2NO3S2. The van der Waals surface area contributed by atoms with E-state index in [1.807, 2.05) is 0 Å². The van der Waals surface area contributed by atoms with Crippen molar-refractivity contribution in [3.63, 3.8) is 0 Å². The fraction of sp³-hybridized carbons (Fsp3) is 0.353. The van der Waals surface area contributed by atoms with E-state index in [9.17, 15) is 9.90 Å². The maximum atomic E-state index is 12.0. The minimum absolute atomic E-state index is 0.119.